The fraction of sp³-hybridized carbons (Fsp3) is 0.722. The molecule has 0 saturated heterocycles. The van der Waals surface area contributed by atoms with E-state index in [4.69, 9.17) is 4.99 Å². The highest BCUT2D eigenvalue weighted by atomic mass is 35.5. The van der Waals surface area contributed by atoms with Crippen molar-refractivity contribution in [1.29, 1.82) is 0 Å². The molecule has 2 unspecified atom stereocenters. The summed E-state index contributed by atoms with van der Waals surface area (Å²) in [6, 6.07) is 4.90. The van der Waals surface area contributed by atoms with Crippen molar-refractivity contribution in [2.75, 3.05) is 6.54 Å². The molecule has 2 heterocycles. The smallest absolute Gasteiger partial charge is 0.0965 e. The van der Waals surface area contributed by atoms with Gasteiger partial charge in [0.1, 0.15) is 0 Å². The Labute approximate surface area is 146 Å². The molecule has 0 saturated carbocycles. The van der Waals surface area contributed by atoms with Gasteiger partial charge in [-0.2, -0.15) is 0 Å². The molecule has 0 fully saturated rings. The Morgan fingerprint density at radius 3 is 2.73 bits per heavy atom. The van der Waals surface area contributed by atoms with Gasteiger partial charge in [0.2, 0.25) is 0 Å². The highest BCUT2D eigenvalue weighted by Gasteiger charge is 2.26. The number of aliphatic imine (C=N–C) groups is 1. The minimum absolute atomic E-state index is 0. The van der Waals surface area contributed by atoms with Crippen LogP contribution in [0, 0.1) is 11.3 Å². The summed E-state index contributed by atoms with van der Waals surface area (Å²) in [6.07, 6.45) is 5.89. The largest absolute Gasteiger partial charge is 0.371 e. The maximum absolute atomic E-state index is 4.81. The lowest BCUT2D eigenvalue weighted by molar-refractivity contribution is 0.220. The number of nitrogens with one attached hydrogen (secondary N) is 1. The maximum Gasteiger partial charge on any atom is 0.0965 e. The van der Waals surface area contributed by atoms with Gasteiger partial charge >= 0.3 is 0 Å². The van der Waals surface area contributed by atoms with Gasteiger partial charge in [0, 0.05) is 30.3 Å². The molecule has 22 heavy (non-hydrogen) atoms. The van der Waals surface area contributed by atoms with E-state index >= 15 is 0 Å². The molecule has 0 spiro atoms. The van der Waals surface area contributed by atoms with Crippen LogP contribution in [0.2, 0.25) is 0 Å². The van der Waals surface area contributed by atoms with Crippen LogP contribution in [0.25, 0.3) is 0 Å². The molecular weight excluding hydrogens is 312 g/mol. The second-order valence-corrected chi connectivity index (χ2v) is 8.28. The molecule has 1 N–H and O–H groups in total. The Balaban J connectivity index is 0.00000242. The molecule has 1 aliphatic rings. The Morgan fingerprint density at radius 1 is 1.36 bits per heavy atom. The normalized spacial score (nSPS) is 20.5. The molecular formula is C18H31ClN2S. The third kappa shape index (κ3) is 5.92. The molecule has 1 aromatic heterocycles. The van der Waals surface area contributed by atoms with E-state index in [0.717, 1.165) is 31.7 Å². The van der Waals surface area contributed by atoms with Crippen molar-refractivity contribution in [2.45, 2.75) is 65.8 Å². The lowest BCUT2D eigenvalue weighted by atomic mass is 9.76. The second kappa shape index (κ2) is 8.93. The number of hydrogen-bond donors (Lipinski definition) is 1. The number of rotatable bonds is 4. The van der Waals surface area contributed by atoms with Gasteiger partial charge in [-0.05, 0) is 42.0 Å². The Hall–Kier alpha value is -0.540. The van der Waals surface area contributed by atoms with Crippen LogP contribution in [0.4, 0.5) is 0 Å². The maximum atomic E-state index is 4.81. The summed E-state index contributed by atoms with van der Waals surface area (Å²) < 4.78 is 0. The Bertz CT molecular complexity index is 448. The Morgan fingerprint density at radius 2 is 2.14 bits per heavy atom. The summed E-state index contributed by atoms with van der Waals surface area (Å²) in [5.74, 6) is 2.03. The standard InChI is InChI=1S/C18H30N2S.ClH/c1-5-15(13-16-7-6-12-21-16)20-17-9-8-14(10-11-19-17)18(2,3)4;/h6-7,12,14-15H,5,8-11,13H2,1-4H3,(H,19,20);1H. The quantitative estimate of drug-likeness (QED) is 0.786. The first-order chi connectivity index (χ1) is 9.99. The zero-order valence-corrected chi connectivity index (χ0v) is 16.0. The van der Waals surface area contributed by atoms with Crippen molar-refractivity contribution < 1.29 is 0 Å². The minimum Gasteiger partial charge on any atom is -0.371 e. The monoisotopic (exact) mass is 342 g/mol. The zero-order chi connectivity index (χ0) is 15.3. The second-order valence-electron chi connectivity index (χ2n) is 7.25. The van der Waals surface area contributed by atoms with Gasteiger partial charge in [-0.25, -0.2) is 0 Å². The lowest BCUT2D eigenvalue weighted by Crippen LogP contribution is -2.36. The molecule has 2 nitrogen and oxygen atoms in total. The van der Waals surface area contributed by atoms with E-state index in [1.165, 1.54) is 23.6 Å². The molecule has 2 atom stereocenters. The highest BCUT2D eigenvalue weighted by molar-refractivity contribution is 7.09. The molecule has 0 aliphatic carbocycles. The van der Waals surface area contributed by atoms with Crippen LogP contribution >= 0.6 is 23.7 Å². The third-order valence-electron chi connectivity index (χ3n) is 4.63. The third-order valence-corrected chi connectivity index (χ3v) is 5.52. The predicted molar refractivity (Wildman–Crippen MR) is 102 cm³/mol. The van der Waals surface area contributed by atoms with E-state index in [9.17, 15) is 0 Å². The summed E-state index contributed by atoms with van der Waals surface area (Å²) in [5.41, 5.74) is 0.409. The van der Waals surface area contributed by atoms with Crippen molar-refractivity contribution in [3.63, 3.8) is 0 Å². The summed E-state index contributed by atoms with van der Waals surface area (Å²) in [6.45, 7) is 10.3. The number of hydrogen-bond acceptors (Lipinski definition) is 3. The fourth-order valence-corrected chi connectivity index (χ4v) is 3.86. The first-order valence-corrected chi connectivity index (χ1v) is 9.19. The molecule has 1 aliphatic heterocycles. The van der Waals surface area contributed by atoms with Crippen molar-refractivity contribution in [3.8, 4) is 0 Å². The van der Waals surface area contributed by atoms with Crippen LogP contribution in [-0.2, 0) is 6.42 Å². The highest BCUT2D eigenvalue weighted by Crippen LogP contribution is 2.33. The minimum atomic E-state index is 0. The lowest BCUT2D eigenvalue weighted by Gasteiger charge is -2.29. The first-order valence-electron chi connectivity index (χ1n) is 8.31. The summed E-state index contributed by atoms with van der Waals surface area (Å²) in [4.78, 5) is 6.28. The van der Waals surface area contributed by atoms with Gasteiger partial charge in [-0.3, -0.25) is 4.99 Å². The molecule has 0 radical (unpaired) electrons. The van der Waals surface area contributed by atoms with Crippen LogP contribution in [0.1, 0.15) is 58.3 Å². The van der Waals surface area contributed by atoms with E-state index in [2.05, 4.69) is 50.5 Å². The fourth-order valence-electron chi connectivity index (χ4n) is 3.08. The van der Waals surface area contributed by atoms with Crippen molar-refractivity contribution in [3.05, 3.63) is 22.4 Å². The van der Waals surface area contributed by atoms with Gasteiger partial charge in [-0.1, -0.05) is 33.8 Å². The van der Waals surface area contributed by atoms with E-state index in [1.54, 1.807) is 0 Å². The molecule has 4 heteroatoms. The summed E-state index contributed by atoms with van der Waals surface area (Å²) in [7, 11) is 0. The van der Waals surface area contributed by atoms with Crippen molar-refractivity contribution in [2.24, 2.45) is 16.3 Å². The average molecular weight is 343 g/mol. The summed E-state index contributed by atoms with van der Waals surface area (Å²) >= 11 is 1.86. The van der Waals surface area contributed by atoms with Crippen LogP contribution in [0.3, 0.4) is 0 Å². The van der Waals surface area contributed by atoms with E-state index in [1.807, 2.05) is 11.3 Å². The number of amidine groups is 1. The van der Waals surface area contributed by atoms with Crippen LogP contribution in [0.15, 0.2) is 22.5 Å². The average Bonchev–Trinajstić information content (AvgIpc) is 2.80. The van der Waals surface area contributed by atoms with Gasteiger partial charge in [0.15, 0.2) is 0 Å². The molecule has 2 rings (SSSR count). The van der Waals surface area contributed by atoms with Crippen LogP contribution < -0.4 is 5.32 Å². The zero-order valence-electron chi connectivity index (χ0n) is 14.4. The molecule has 1 aromatic rings. The number of nitrogens with zero attached hydrogens (tertiary/aromatic N) is 1. The molecule has 0 bridgehead atoms. The predicted octanol–water partition coefficient (Wildman–Crippen LogP) is 5.33. The van der Waals surface area contributed by atoms with Crippen molar-refractivity contribution in [1.82, 2.24) is 5.32 Å². The van der Waals surface area contributed by atoms with Gasteiger partial charge in [0.25, 0.3) is 0 Å². The SMILES string of the molecule is CCC(Cc1cccs1)NC1=NCCC(C(C)(C)C)CC1.Cl. The topological polar surface area (TPSA) is 24.4 Å². The van der Waals surface area contributed by atoms with Gasteiger partial charge in [-0.15, -0.1) is 23.7 Å². The number of halogens is 1. The van der Waals surface area contributed by atoms with E-state index in [0.29, 0.717) is 11.5 Å². The van der Waals surface area contributed by atoms with E-state index < -0.39 is 0 Å². The van der Waals surface area contributed by atoms with E-state index in [-0.39, 0.29) is 12.4 Å². The Kier molecular flexibility index (Phi) is 7.92. The number of thiophene rings is 1. The summed E-state index contributed by atoms with van der Waals surface area (Å²) in [5, 5.41) is 5.88. The molecule has 0 amide bonds. The molecule has 0 aromatic carbocycles. The van der Waals surface area contributed by atoms with Gasteiger partial charge < -0.3 is 5.32 Å². The van der Waals surface area contributed by atoms with Gasteiger partial charge in [0.05, 0.1) is 5.84 Å². The first kappa shape index (κ1) is 19.5. The molecule has 126 valence electrons. The van der Waals surface area contributed by atoms with Crippen LogP contribution in [-0.4, -0.2) is 18.4 Å². The van der Waals surface area contributed by atoms with Crippen molar-refractivity contribution >= 4 is 29.6 Å². The van der Waals surface area contributed by atoms with Crippen LogP contribution in [0.5, 0.6) is 0 Å².